The fourth-order valence-electron chi connectivity index (χ4n) is 3.00. The van der Waals surface area contributed by atoms with Crippen molar-refractivity contribution >= 4 is 11.8 Å². The van der Waals surface area contributed by atoms with Crippen LogP contribution in [0, 0.1) is 11.8 Å². The molecule has 2 N–H and O–H groups in total. The number of nitrogens with zero attached hydrogens (tertiary/aromatic N) is 2. The number of hydrogen-bond donors (Lipinski definition) is 2. The van der Waals surface area contributed by atoms with Crippen LogP contribution in [0.5, 0.6) is 0 Å². The zero-order valence-corrected chi connectivity index (χ0v) is 10.9. The minimum atomic E-state index is -0.969. The predicted octanol–water partition coefficient (Wildman–Crippen LogP) is 1.38. The van der Waals surface area contributed by atoms with Crippen LogP contribution >= 0.6 is 0 Å². The van der Waals surface area contributed by atoms with E-state index in [2.05, 4.69) is 16.8 Å². The summed E-state index contributed by atoms with van der Waals surface area (Å²) in [6.45, 7) is 3.44. The molecule has 0 radical (unpaired) electrons. The van der Waals surface area contributed by atoms with Gasteiger partial charge in [0.15, 0.2) is 0 Å². The maximum Gasteiger partial charge on any atom is 0.337 e. The zero-order valence-electron chi connectivity index (χ0n) is 10.9. The van der Waals surface area contributed by atoms with Gasteiger partial charge in [0.1, 0.15) is 5.82 Å². The number of pyridine rings is 1. The van der Waals surface area contributed by atoms with Gasteiger partial charge in [0, 0.05) is 25.2 Å². The second-order valence-corrected chi connectivity index (χ2v) is 5.76. The molecule has 19 heavy (non-hydrogen) atoms. The molecule has 2 aliphatic rings. The normalized spacial score (nSPS) is 30.6. The number of hydrogen-bond acceptors (Lipinski definition) is 4. The summed E-state index contributed by atoms with van der Waals surface area (Å²) in [6.07, 6.45) is 3.59. The van der Waals surface area contributed by atoms with Crippen LogP contribution < -0.4 is 4.90 Å². The summed E-state index contributed by atoms with van der Waals surface area (Å²) in [4.78, 5) is 17.0. The van der Waals surface area contributed by atoms with Crippen LogP contribution in [0.25, 0.3) is 0 Å². The van der Waals surface area contributed by atoms with Gasteiger partial charge in [0.05, 0.1) is 11.2 Å². The Hall–Kier alpha value is -1.62. The Bertz CT molecular complexity index is 498. The van der Waals surface area contributed by atoms with Gasteiger partial charge in [-0.2, -0.15) is 0 Å². The number of carbonyl (C=O) groups is 1. The van der Waals surface area contributed by atoms with E-state index >= 15 is 0 Å². The highest BCUT2D eigenvalue weighted by molar-refractivity contribution is 5.87. The van der Waals surface area contributed by atoms with Crippen molar-refractivity contribution in [2.45, 2.75) is 25.4 Å². The van der Waals surface area contributed by atoms with E-state index in [1.807, 2.05) is 0 Å². The first kappa shape index (κ1) is 12.4. The van der Waals surface area contributed by atoms with Crippen molar-refractivity contribution in [3.63, 3.8) is 0 Å². The summed E-state index contributed by atoms with van der Waals surface area (Å²) >= 11 is 0. The fraction of sp³-hybridized carbons (Fsp3) is 0.571. The van der Waals surface area contributed by atoms with Gasteiger partial charge >= 0.3 is 5.97 Å². The number of carboxylic acid groups (broad SMARTS) is 1. The van der Waals surface area contributed by atoms with Crippen molar-refractivity contribution in [1.29, 1.82) is 0 Å². The smallest absolute Gasteiger partial charge is 0.337 e. The zero-order chi connectivity index (χ0) is 13.6. The van der Waals surface area contributed by atoms with Crippen molar-refractivity contribution < 1.29 is 15.0 Å². The fourth-order valence-corrected chi connectivity index (χ4v) is 3.00. The highest BCUT2D eigenvalue weighted by Crippen LogP contribution is 2.47. The number of aromatic carboxylic acids is 1. The second kappa shape index (κ2) is 4.20. The van der Waals surface area contributed by atoms with Crippen molar-refractivity contribution in [1.82, 2.24) is 4.98 Å². The number of aliphatic hydroxyl groups is 1. The molecule has 1 aromatic heterocycles. The van der Waals surface area contributed by atoms with E-state index in [-0.39, 0.29) is 11.5 Å². The Morgan fingerprint density at radius 2 is 2.21 bits per heavy atom. The maximum atomic E-state index is 10.8. The molecule has 3 rings (SSSR count). The molecular formula is C14H18N2O3. The van der Waals surface area contributed by atoms with E-state index in [0.29, 0.717) is 12.5 Å². The van der Waals surface area contributed by atoms with Crippen molar-refractivity contribution in [3.8, 4) is 0 Å². The number of rotatable bonds is 3. The molecule has 1 aromatic rings. The molecule has 0 bridgehead atoms. The average molecular weight is 262 g/mol. The highest BCUT2D eigenvalue weighted by Gasteiger charge is 2.52. The molecule has 0 unspecified atom stereocenters. The van der Waals surface area contributed by atoms with Crippen LogP contribution in [0.1, 0.15) is 30.1 Å². The first-order valence-electron chi connectivity index (χ1n) is 6.67. The molecule has 1 aliphatic carbocycles. The summed E-state index contributed by atoms with van der Waals surface area (Å²) < 4.78 is 0. The summed E-state index contributed by atoms with van der Waals surface area (Å²) in [5.41, 5.74) is -0.416. The summed E-state index contributed by atoms with van der Waals surface area (Å²) in [5, 5.41) is 19.6. The van der Waals surface area contributed by atoms with Gasteiger partial charge < -0.3 is 15.1 Å². The maximum absolute atomic E-state index is 10.8. The SMILES string of the molecule is C[C@@H]1CN(c2ccc(C(=O)O)cn2)C[C@@]1(O)C1CC1. The lowest BCUT2D eigenvalue weighted by molar-refractivity contribution is 0.00281. The summed E-state index contributed by atoms with van der Waals surface area (Å²) in [7, 11) is 0. The monoisotopic (exact) mass is 262 g/mol. The molecule has 1 saturated heterocycles. The standard InChI is InChI=1S/C14H18N2O3/c1-9-7-16(8-14(9,19)11-3-4-11)12-5-2-10(6-15-12)13(17)18/h2,5-6,9,11,19H,3-4,7-8H2,1H3,(H,17,18)/t9-,14+/m1/s1. The van der Waals surface area contributed by atoms with E-state index in [4.69, 9.17) is 5.11 Å². The van der Waals surface area contributed by atoms with Crippen molar-refractivity contribution in [3.05, 3.63) is 23.9 Å². The minimum Gasteiger partial charge on any atom is -0.478 e. The Balaban J connectivity index is 1.78. The van der Waals surface area contributed by atoms with Crippen LogP contribution in [0.15, 0.2) is 18.3 Å². The van der Waals surface area contributed by atoms with Gasteiger partial charge in [-0.05, 0) is 30.9 Å². The highest BCUT2D eigenvalue weighted by atomic mass is 16.4. The molecule has 0 spiro atoms. The van der Waals surface area contributed by atoms with Crippen molar-refractivity contribution in [2.75, 3.05) is 18.0 Å². The molecular weight excluding hydrogens is 244 g/mol. The van der Waals surface area contributed by atoms with Crippen LogP contribution in [0.3, 0.4) is 0 Å². The molecule has 102 valence electrons. The average Bonchev–Trinajstić information content (AvgIpc) is 3.18. The molecule has 5 heteroatoms. The molecule has 2 fully saturated rings. The Morgan fingerprint density at radius 3 is 2.74 bits per heavy atom. The van der Waals surface area contributed by atoms with Crippen LogP contribution in [0.2, 0.25) is 0 Å². The largest absolute Gasteiger partial charge is 0.478 e. The summed E-state index contributed by atoms with van der Waals surface area (Å²) in [6, 6.07) is 3.28. The number of β-amino-alcohol motifs (C(OH)–C–C–N with tert-alkyl or cyclic N) is 1. The van der Waals surface area contributed by atoms with Crippen LogP contribution in [-0.2, 0) is 0 Å². The molecule has 1 saturated carbocycles. The van der Waals surface area contributed by atoms with Gasteiger partial charge in [0.2, 0.25) is 0 Å². The molecule has 0 aromatic carbocycles. The lowest BCUT2D eigenvalue weighted by atomic mass is 9.88. The van der Waals surface area contributed by atoms with E-state index in [1.165, 1.54) is 6.20 Å². The lowest BCUT2D eigenvalue weighted by Gasteiger charge is -2.26. The topological polar surface area (TPSA) is 73.7 Å². The Labute approximate surface area is 111 Å². The third-order valence-electron chi connectivity index (χ3n) is 4.39. The Kier molecular flexibility index (Phi) is 2.74. The first-order chi connectivity index (χ1) is 9.00. The molecule has 0 amide bonds. The molecule has 1 aliphatic heterocycles. The third-order valence-corrected chi connectivity index (χ3v) is 4.39. The van der Waals surface area contributed by atoms with E-state index in [9.17, 15) is 9.90 Å². The van der Waals surface area contributed by atoms with E-state index in [1.54, 1.807) is 12.1 Å². The minimum absolute atomic E-state index is 0.188. The second-order valence-electron chi connectivity index (χ2n) is 5.76. The molecule has 2 atom stereocenters. The first-order valence-corrected chi connectivity index (χ1v) is 6.67. The van der Waals surface area contributed by atoms with Gasteiger partial charge in [-0.1, -0.05) is 6.92 Å². The number of carboxylic acids is 1. The van der Waals surface area contributed by atoms with Gasteiger partial charge in [-0.25, -0.2) is 9.78 Å². The molecule has 5 nitrogen and oxygen atoms in total. The number of aromatic nitrogens is 1. The van der Waals surface area contributed by atoms with Gasteiger partial charge in [-0.15, -0.1) is 0 Å². The van der Waals surface area contributed by atoms with Crippen molar-refractivity contribution in [2.24, 2.45) is 11.8 Å². The quantitative estimate of drug-likeness (QED) is 0.860. The Morgan fingerprint density at radius 1 is 1.47 bits per heavy atom. The van der Waals surface area contributed by atoms with E-state index in [0.717, 1.165) is 25.2 Å². The van der Waals surface area contributed by atoms with Crippen LogP contribution in [-0.4, -0.2) is 39.9 Å². The predicted molar refractivity (Wildman–Crippen MR) is 70.2 cm³/mol. The lowest BCUT2D eigenvalue weighted by Crippen LogP contribution is -2.39. The number of anilines is 1. The van der Waals surface area contributed by atoms with Crippen LogP contribution in [0.4, 0.5) is 5.82 Å². The van der Waals surface area contributed by atoms with E-state index < -0.39 is 11.6 Å². The summed E-state index contributed by atoms with van der Waals surface area (Å²) in [5.74, 6) is 0.420. The third kappa shape index (κ3) is 2.08. The van der Waals surface area contributed by atoms with Gasteiger partial charge in [0.25, 0.3) is 0 Å². The van der Waals surface area contributed by atoms with Gasteiger partial charge in [-0.3, -0.25) is 0 Å². The molecule has 2 heterocycles.